The molecule has 0 heterocycles. The highest BCUT2D eigenvalue weighted by Gasteiger charge is 2.16. The Morgan fingerprint density at radius 3 is 2.61 bits per heavy atom. The second-order valence-corrected chi connectivity index (χ2v) is 4.87. The smallest absolute Gasteiger partial charge is 0.178 e. The van der Waals surface area contributed by atoms with Crippen LogP contribution in [0, 0.1) is 0 Å². The number of ether oxygens (including phenoxy) is 1. The van der Waals surface area contributed by atoms with E-state index in [0.717, 1.165) is 6.54 Å². The number of hydrogen-bond donors (Lipinski definition) is 0. The second-order valence-electron chi connectivity index (χ2n) is 4.46. The van der Waals surface area contributed by atoms with E-state index < -0.39 is 0 Å². The lowest BCUT2D eigenvalue weighted by Gasteiger charge is -2.25. The number of rotatable bonds is 7. The molecule has 3 nitrogen and oxygen atoms in total. The van der Waals surface area contributed by atoms with Gasteiger partial charge in [-0.1, -0.05) is 23.7 Å². The maximum absolute atomic E-state index is 12.2. The van der Waals surface area contributed by atoms with Gasteiger partial charge in [0.1, 0.15) is 0 Å². The number of carbonyl (C=O) groups excluding carboxylic acids is 1. The van der Waals surface area contributed by atoms with Crippen LogP contribution in [0.5, 0.6) is 0 Å². The topological polar surface area (TPSA) is 29.5 Å². The van der Waals surface area contributed by atoms with Crippen molar-refractivity contribution in [2.45, 2.75) is 19.9 Å². The zero-order valence-electron chi connectivity index (χ0n) is 11.1. The molecule has 0 N–H and O–H groups in total. The van der Waals surface area contributed by atoms with Gasteiger partial charge in [-0.3, -0.25) is 9.69 Å². The first-order valence-corrected chi connectivity index (χ1v) is 6.44. The van der Waals surface area contributed by atoms with Crippen molar-refractivity contribution in [3.8, 4) is 0 Å². The number of nitrogens with zero attached hydrogens (tertiary/aromatic N) is 1. The summed E-state index contributed by atoms with van der Waals surface area (Å²) in [6, 6.07) is 7.45. The molecule has 0 radical (unpaired) electrons. The van der Waals surface area contributed by atoms with E-state index >= 15 is 0 Å². The third-order valence-electron chi connectivity index (χ3n) is 2.83. The van der Waals surface area contributed by atoms with Crippen molar-refractivity contribution in [3.05, 3.63) is 34.9 Å². The lowest BCUT2D eigenvalue weighted by Crippen LogP contribution is -2.38. The molecule has 0 saturated carbocycles. The second kappa shape index (κ2) is 7.52. The van der Waals surface area contributed by atoms with Crippen molar-refractivity contribution in [1.29, 1.82) is 0 Å². The molecule has 0 aliphatic rings. The highest BCUT2D eigenvalue weighted by molar-refractivity contribution is 6.34. The van der Waals surface area contributed by atoms with Gasteiger partial charge in [0.15, 0.2) is 5.78 Å². The number of carbonyl (C=O) groups is 1. The Bertz CT molecular complexity index is 393. The first-order valence-electron chi connectivity index (χ1n) is 6.07. The van der Waals surface area contributed by atoms with E-state index in [9.17, 15) is 4.79 Å². The zero-order valence-corrected chi connectivity index (χ0v) is 11.9. The molecular weight excluding hydrogens is 250 g/mol. The number of Topliss-reactive ketones (excluding diaryl/α,β-unsaturated/α-hetero) is 1. The third kappa shape index (κ3) is 4.41. The molecule has 100 valence electrons. The van der Waals surface area contributed by atoms with Gasteiger partial charge in [-0.25, -0.2) is 0 Å². The quantitative estimate of drug-likeness (QED) is 0.713. The summed E-state index contributed by atoms with van der Waals surface area (Å²) >= 11 is 6.02. The molecule has 0 atom stereocenters. The van der Waals surface area contributed by atoms with Gasteiger partial charge < -0.3 is 4.74 Å². The highest BCUT2D eigenvalue weighted by Crippen LogP contribution is 2.16. The van der Waals surface area contributed by atoms with E-state index in [-0.39, 0.29) is 5.78 Å². The molecule has 0 bridgehead atoms. The number of hydrogen-bond acceptors (Lipinski definition) is 3. The van der Waals surface area contributed by atoms with Crippen LogP contribution in [0.3, 0.4) is 0 Å². The minimum absolute atomic E-state index is 0.0467. The predicted molar refractivity (Wildman–Crippen MR) is 74.4 cm³/mol. The van der Waals surface area contributed by atoms with Crippen LogP contribution >= 0.6 is 11.6 Å². The molecule has 18 heavy (non-hydrogen) atoms. The van der Waals surface area contributed by atoms with Crippen molar-refractivity contribution in [2.75, 3.05) is 26.8 Å². The predicted octanol–water partition coefficient (Wildman–Crippen LogP) is 2.88. The molecule has 1 aromatic rings. The monoisotopic (exact) mass is 269 g/mol. The molecule has 1 rings (SSSR count). The Hall–Kier alpha value is -0.900. The Labute approximate surface area is 114 Å². The van der Waals surface area contributed by atoms with E-state index in [1.165, 1.54) is 0 Å². The minimum atomic E-state index is 0.0467. The zero-order chi connectivity index (χ0) is 13.5. The summed E-state index contributed by atoms with van der Waals surface area (Å²) < 4.78 is 5.05. The van der Waals surface area contributed by atoms with Gasteiger partial charge in [0.2, 0.25) is 0 Å². The van der Waals surface area contributed by atoms with Gasteiger partial charge >= 0.3 is 0 Å². The summed E-state index contributed by atoms with van der Waals surface area (Å²) in [6.07, 6.45) is 0. The molecule has 0 aliphatic heterocycles. The molecule has 4 heteroatoms. The van der Waals surface area contributed by atoms with Crippen molar-refractivity contribution >= 4 is 17.4 Å². The number of methoxy groups -OCH3 is 1. The number of benzene rings is 1. The molecule has 0 unspecified atom stereocenters. The first-order chi connectivity index (χ1) is 8.56. The largest absolute Gasteiger partial charge is 0.383 e. The Morgan fingerprint density at radius 2 is 2.06 bits per heavy atom. The summed E-state index contributed by atoms with van der Waals surface area (Å²) in [4.78, 5) is 14.3. The van der Waals surface area contributed by atoms with Crippen LogP contribution in [-0.2, 0) is 4.74 Å². The summed E-state index contributed by atoms with van der Waals surface area (Å²) in [6.45, 7) is 5.86. The van der Waals surface area contributed by atoms with Gasteiger partial charge in [0.25, 0.3) is 0 Å². The standard InChI is InChI=1S/C14H20ClNO2/c1-11(2)16(8-9-18-3)10-14(17)12-6-4-5-7-13(12)15/h4-7,11H,8-10H2,1-3H3. The fourth-order valence-electron chi connectivity index (χ4n) is 1.69. The highest BCUT2D eigenvalue weighted by atomic mass is 35.5. The fraction of sp³-hybridized carbons (Fsp3) is 0.500. The fourth-order valence-corrected chi connectivity index (χ4v) is 1.93. The average molecular weight is 270 g/mol. The van der Waals surface area contributed by atoms with Gasteiger partial charge in [0, 0.05) is 25.3 Å². The van der Waals surface area contributed by atoms with Crippen LogP contribution in [0.1, 0.15) is 24.2 Å². The summed E-state index contributed by atoms with van der Waals surface area (Å²) in [5.41, 5.74) is 0.585. The van der Waals surface area contributed by atoms with Crippen molar-refractivity contribution < 1.29 is 9.53 Å². The Kier molecular flexibility index (Phi) is 6.33. The van der Waals surface area contributed by atoms with Crippen LogP contribution in [-0.4, -0.2) is 43.5 Å². The van der Waals surface area contributed by atoms with Gasteiger partial charge in [-0.05, 0) is 26.0 Å². The third-order valence-corrected chi connectivity index (χ3v) is 3.16. The first kappa shape index (κ1) is 15.2. The summed E-state index contributed by atoms with van der Waals surface area (Å²) in [7, 11) is 1.66. The molecule has 0 aromatic heterocycles. The molecule has 0 saturated heterocycles. The minimum Gasteiger partial charge on any atom is -0.383 e. The molecular formula is C14H20ClNO2. The van der Waals surface area contributed by atoms with E-state index in [0.29, 0.717) is 29.8 Å². The summed E-state index contributed by atoms with van der Waals surface area (Å²) in [5.74, 6) is 0.0467. The van der Waals surface area contributed by atoms with E-state index in [4.69, 9.17) is 16.3 Å². The lowest BCUT2D eigenvalue weighted by atomic mass is 10.1. The molecule has 0 aliphatic carbocycles. The average Bonchev–Trinajstić information content (AvgIpc) is 2.34. The Morgan fingerprint density at radius 1 is 1.39 bits per heavy atom. The van der Waals surface area contributed by atoms with Crippen molar-refractivity contribution in [3.63, 3.8) is 0 Å². The maximum Gasteiger partial charge on any atom is 0.178 e. The normalized spacial score (nSPS) is 11.2. The number of ketones is 1. The van der Waals surface area contributed by atoms with Crippen LogP contribution < -0.4 is 0 Å². The van der Waals surface area contributed by atoms with Crippen LogP contribution in [0.15, 0.2) is 24.3 Å². The van der Waals surface area contributed by atoms with Crippen molar-refractivity contribution in [2.24, 2.45) is 0 Å². The van der Waals surface area contributed by atoms with Crippen molar-refractivity contribution in [1.82, 2.24) is 4.90 Å². The van der Waals surface area contributed by atoms with E-state index in [1.54, 1.807) is 19.2 Å². The van der Waals surface area contributed by atoms with Gasteiger partial charge in [-0.2, -0.15) is 0 Å². The van der Waals surface area contributed by atoms with Crippen LogP contribution in [0.4, 0.5) is 0 Å². The lowest BCUT2D eigenvalue weighted by molar-refractivity contribution is 0.0852. The number of halogens is 1. The Balaban J connectivity index is 2.69. The van der Waals surface area contributed by atoms with E-state index in [1.807, 2.05) is 12.1 Å². The molecule has 0 fully saturated rings. The van der Waals surface area contributed by atoms with Crippen LogP contribution in [0.2, 0.25) is 5.02 Å². The maximum atomic E-state index is 12.2. The van der Waals surface area contributed by atoms with Gasteiger partial charge in [-0.15, -0.1) is 0 Å². The summed E-state index contributed by atoms with van der Waals surface area (Å²) in [5, 5.41) is 0.512. The molecule has 0 spiro atoms. The van der Waals surface area contributed by atoms with E-state index in [2.05, 4.69) is 18.7 Å². The molecule has 1 aromatic carbocycles. The van der Waals surface area contributed by atoms with Gasteiger partial charge in [0.05, 0.1) is 18.2 Å². The van der Waals surface area contributed by atoms with Crippen LogP contribution in [0.25, 0.3) is 0 Å². The SMILES string of the molecule is COCCN(CC(=O)c1ccccc1Cl)C(C)C. The molecule has 0 amide bonds.